The number of nitrogens with one attached hydrogen (secondary N) is 2. The summed E-state index contributed by atoms with van der Waals surface area (Å²) in [5, 5.41) is 15.6. The zero-order valence-electron chi connectivity index (χ0n) is 20.6. The van der Waals surface area contributed by atoms with E-state index >= 15 is 0 Å². The Balaban J connectivity index is 1.45. The molecule has 0 aromatic heterocycles. The minimum absolute atomic E-state index is 0.0739. The van der Waals surface area contributed by atoms with Crippen LogP contribution in [0.3, 0.4) is 0 Å². The van der Waals surface area contributed by atoms with Gasteiger partial charge in [0.25, 0.3) is 0 Å². The number of carboxylic acids is 1. The average Bonchev–Trinajstić information content (AvgIpc) is 2.83. The number of benzene rings is 2. The van der Waals surface area contributed by atoms with Crippen molar-refractivity contribution in [1.29, 1.82) is 0 Å². The molecule has 0 bridgehead atoms. The second-order valence-corrected chi connectivity index (χ2v) is 9.19. The second kappa shape index (κ2) is 13.7. The lowest BCUT2D eigenvalue weighted by Crippen LogP contribution is -2.54. The number of ether oxygens (including phenoxy) is 2. The van der Waals surface area contributed by atoms with Gasteiger partial charge in [-0.2, -0.15) is 0 Å². The molecule has 1 heterocycles. The molecule has 0 radical (unpaired) electrons. The molecule has 3 rings (SSSR count). The van der Waals surface area contributed by atoms with E-state index in [0.29, 0.717) is 24.4 Å². The maximum atomic E-state index is 12.2. The molecule has 2 aromatic rings. The number of para-hydroxylation sites is 1. The van der Waals surface area contributed by atoms with Crippen molar-refractivity contribution < 1.29 is 24.2 Å². The van der Waals surface area contributed by atoms with E-state index in [1.165, 1.54) is 0 Å². The number of unbranched alkanes of at least 4 members (excludes halogenated alkanes) is 1. The molecule has 0 spiro atoms. The highest BCUT2D eigenvalue weighted by Gasteiger charge is 2.23. The molecule has 1 amide bonds. The van der Waals surface area contributed by atoms with Crippen molar-refractivity contribution in [3.05, 3.63) is 65.7 Å². The third-order valence-electron chi connectivity index (χ3n) is 5.96. The highest BCUT2D eigenvalue weighted by Crippen LogP contribution is 2.20. The molecule has 1 fully saturated rings. The van der Waals surface area contributed by atoms with Crippen LogP contribution in [0, 0.1) is 0 Å². The minimum Gasteiger partial charge on any atom is -0.493 e. The second-order valence-electron chi connectivity index (χ2n) is 9.19. The molecule has 1 aliphatic heterocycles. The number of alkyl carbamates (subject to hydrolysis) is 1. The first-order valence-corrected chi connectivity index (χ1v) is 12.3. The van der Waals surface area contributed by atoms with Crippen LogP contribution in [0.1, 0.15) is 37.8 Å². The quantitative estimate of drug-likeness (QED) is 0.398. The Kier molecular flexibility index (Phi) is 10.4. The first-order valence-electron chi connectivity index (χ1n) is 12.3. The van der Waals surface area contributed by atoms with Gasteiger partial charge in [0, 0.05) is 31.6 Å². The van der Waals surface area contributed by atoms with Gasteiger partial charge in [-0.3, -0.25) is 0 Å². The number of aliphatic carboxylic acids is 1. The SMILES string of the molecule is CC1CN(CCCCOc2ccccc2CC(NC(=O)OCc2ccccc2)C(=O)O)CC(C)N1. The van der Waals surface area contributed by atoms with E-state index < -0.39 is 18.1 Å². The zero-order valence-corrected chi connectivity index (χ0v) is 20.6. The van der Waals surface area contributed by atoms with Crippen LogP contribution in [-0.4, -0.2) is 66.4 Å². The normalized spacial score (nSPS) is 19.0. The Morgan fingerprint density at radius 3 is 2.46 bits per heavy atom. The van der Waals surface area contributed by atoms with E-state index in [0.717, 1.165) is 43.6 Å². The van der Waals surface area contributed by atoms with Gasteiger partial charge in [0.2, 0.25) is 0 Å². The zero-order chi connectivity index (χ0) is 25.0. The highest BCUT2D eigenvalue weighted by molar-refractivity contribution is 5.80. The molecule has 0 saturated carbocycles. The van der Waals surface area contributed by atoms with Crippen LogP contribution in [0.15, 0.2) is 54.6 Å². The number of carbonyl (C=O) groups is 2. The van der Waals surface area contributed by atoms with Gasteiger partial charge in [0.15, 0.2) is 0 Å². The fourth-order valence-electron chi connectivity index (χ4n) is 4.38. The minimum atomic E-state index is -1.13. The largest absolute Gasteiger partial charge is 0.493 e. The number of rotatable bonds is 12. The molecule has 3 N–H and O–H groups in total. The Morgan fingerprint density at radius 2 is 1.74 bits per heavy atom. The lowest BCUT2D eigenvalue weighted by Gasteiger charge is -2.36. The molecular weight excluding hydrogens is 446 g/mol. The van der Waals surface area contributed by atoms with Gasteiger partial charge in [0.05, 0.1) is 6.61 Å². The smallest absolute Gasteiger partial charge is 0.408 e. The molecular formula is C27H37N3O5. The Morgan fingerprint density at radius 1 is 1.06 bits per heavy atom. The van der Waals surface area contributed by atoms with Gasteiger partial charge in [-0.05, 0) is 50.4 Å². The molecule has 8 heteroatoms. The van der Waals surface area contributed by atoms with Crippen molar-refractivity contribution in [1.82, 2.24) is 15.5 Å². The van der Waals surface area contributed by atoms with Gasteiger partial charge < -0.3 is 30.1 Å². The molecule has 0 aliphatic carbocycles. The van der Waals surface area contributed by atoms with Crippen LogP contribution in [0.4, 0.5) is 4.79 Å². The van der Waals surface area contributed by atoms with E-state index in [2.05, 4.69) is 29.4 Å². The van der Waals surface area contributed by atoms with Gasteiger partial charge in [-0.25, -0.2) is 9.59 Å². The maximum Gasteiger partial charge on any atom is 0.408 e. The van der Waals surface area contributed by atoms with Gasteiger partial charge in [-0.15, -0.1) is 0 Å². The Bertz CT molecular complexity index is 929. The van der Waals surface area contributed by atoms with E-state index in [1.807, 2.05) is 54.6 Å². The van der Waals surface area contributed by atoms with Gasteiger partial charge in [-0.1, -0.05) is 48.5 Å². The molecule has 8 nitrogen and oxygen atoms in total. The summed E-state index contributed by atoms with van der Waals surface area (Å²) in [6, 6.07) is 16.5. The van der Waals surface area contributed by atoms with E-state index in [4.69, 9.17) is 9.47 Å². The highest BCUT2D eigenvalue weighted by atomic mass is 16.5. The van der Waals surface area contributed by atoms with Crippen LogP contribution < -0.4 is 15.4 Å². The van der Waals surface area contributed by atoms with Crippen LogP contribution in [0.5, 0.6) is 5.75 Å². The number of carbonyl (C=O) groups excluding carboxylic acids is 1. The summed E-state index contributed by atoms with van der Waals surface area (Å²) in [4.78, 5) is 26.5. The molecule has 1 aliphatic rings. The predicted octanol–water partition coefficient (Wildman–Crippen LogP) is 3.45. The Hall–Kier alpha value is -3.10. The summed E-state index contributed by atoms with van der Waals surface area (Å²) in [7, 11) is 0. The summed E-state index contributed by atoms with van der Waals surface area (Å²) in [5.41, 5.74) is 1.56. The van der Waals surface area contributed by atoms with Crippen molar-refractivity contribution in [2.45, 2.75) is 57.8 Å². The van der Waals surface area contributed by atoms with Crippen LogP contribution in [-0.2, 0) is 22.6 Å². The fourth-order valence-corrected chi connectivity index (χ4v) is 4.38. The first kappa shape index (κ1) is 26.5. The molecule has 3 atom stereocenters. The number of hydrogen-bond donors (Lipinski definition) is 3. The summed E-state index contributed by atoms with van der Waals surface area (Å²) < 4.78 is 11.2. The van der Waals surface area contributed by atoms with Crippen molar-refractivity contribution >= 4 is 12.1 Å². The van der Waals surface area contributed by atoms with Crippen molar-refractivity contribution in [3.8, 4) is 5.75 Å². The monoisotopic (exact) mass is 483 g/mol. The summed E-state index contributed by atoms with van der Waals surface area (Å²) >= 11 is 0. The topological polar surface area (TPSA) is 100 Å². The number of carboxylic acid groups (broad SMARTS) is 1. The number of nitrogens with zero attached hydrogens (tertiary/aromatic N) is 1. The van der Waals surface area contributed by atoms with E-state index in [-0.39, 0.29) is 13.0 Å². The maximum absolute atomic E-state index is 12.2. The van der Waals surface area contributed by atoms with Crippen molar-refractivity contribution in [2.24, 2.45) is 0 Å². The van der Waals surface area contributed by atoms with E-state index in [1.54, 1.807) is 0 Å². The summed E-state index contributed by atoms with van der Waals surface area (Å²) in [6.45, 7) is 8.22. The van der Waals surface area contributed by atoms with Crippen LogP contribution in [0.25, 0.3) is 0 Å². The fraction of sp³-hybridized carbons (Fsp3) is 0.481. The Labute approximate surface area is 207 Å². The van der Waals surface area contributed by atoms with Crippen molar-refractivity contribution in [2.75, 3.05) is 26.2 Å². The lowest BCUT2D eigenvalue weighted by molar-refractivity contribution is -0.139. The predicted molar refractivity (Wildman–Crippen MR) is 135 cm³/mol. The van der Waals surface area contributed by atoms with Crippen molar-refractivity contribution in [3.63, 3.8) is 0 Å². The molecule has 3 unspecified atom stereocenters. The van der Waals surface area contributed by atoms with Crippen LogP contribution >= 0.6 is 0 Å². The third kappa shape index (κ3) is 9.22. The number of amides is 1. The molecule has 190 valence electrons. The lowest BCUT2D eigenvalue weighted by atomic mass is 10.0. The first-order chi connectivity index (χ1) is 16.9. The number of hydrogen-bond acceptors (Lipinski definition) is 6. The third-order valence-corrected chi connectivity index (χ3v) is 5.96. The molecule has 35 heavy (non-hydrogen) atoms. The summed E-state index contributed by atoms with van der Waals surface area (Å²) in [6.07, 6.45) is 1.28. The average molecular weight is 484 g/mol. The van der Waals surface area contributed by atoms with Gasteiger partial charge >= 0.3 is 12.1 Å². The van der Waals surface area contributed by atoms with Gasteiger partial charge in [0.1, 0.15) is 18.4 Å². The number of piperazine rings is 1. The van der Waals surface area contributed by atoms with Crippen LogP contribution in [0.2, 0.25) is 0 Å². The standard InChI is InChI=1S/C27H37N3O5/c1-20-17-30(18-21(2)28-20)14-8-9-15-34-25-13-7-6-12-23(25)16-24(26(31)32)29-27(33)35-19-22-10-4-3-5-11-22/h3-7,10-13,20-21,24,28H,8-9,14-19H2,1-2H3,(H,29,33)(H,31,32). The van der Waals surface area contributed by atoms with E-state index in [9.17, 15) is 14.7 Å². The summed E-state index contributed by atoms with van der Waals surface area (Å²) in [5.74, 6) is -0.487. The molecule has 2 aromatic carbocycles. The molecule has 1 saturated heterocycles.